The number of ether oxygens (including phenoxy) is 3. The molecule has 0 bridgehead atoms. The molecule has 0 saturated carbocycles. The summed E-state index contributed by atoms with van der Waals surface area (Å²) in [5.74, 6) is 1.33. The van der Waals surface area contributed by atoms with Crippen molar-refractivity contribution < 1.29 is 27.4 Å². The van der Waals surface area contributed by atoms with Crippen molar-refractivity contribution in [3.63, 3.8) is 0 Å². The number of hydrogen-bond acceptors (Lipinski definition) is 6. The highest BCUT2D eigenvalue weighted by molar-refractivity contribution is 7.89. The Hall–Kier alpha value is -2.78. The molecule has 8 nitrogen and oxygen atoms in total. The van der Waals surface area contributed by atoms with Crippen LogP contribution in [0.25, 0.3) is 0 Å². The molecule has 2 aromatic carbocycles. The van der Waals surface area contributed by atoms with Gasteiger partial charge in [-0.1, -0.05) is 39.0 Å². The topological polar surface area (TPSA) is 85.4 Å². The summed E-state index contributed by atoms with van der Waals surface area (Å²) in [4.78, 5) is 14.5. The Morgan fingerprint density at radius 3 is 2.15 bits per heavy atom. The molecule has 0 spiro atoms. The third kappa shape index (κ3) is 5.59. The van der Waals surface area contributed by atoms with E-state index < -0.39 is 10.0 Å². The molecular formula is C24H32N2O6S. The van der Waals surface area contributed by atoms with Gasteiger partial charge >= 0.3 is 0 Å². The molecule has 0 aromatic heterocycles. The smallest absolute Gasteiger partial charge is 0.260 e. The Morgan fingerprint density at radius 1 is 0.909 bits per heavy atom. The predicted octanol–water partition coefficient (Wildman–Crippen LogP) is 2.91. The zero-order valence-electron chi connectivity index (χ0n) is 19.8. The van der Waals surface area contributed by atoms with Gasteiger partial charge in [-0.25, -0.2) is 8.42 Å². The maximum Gasteiger partial charge on any atom is 0.260 e. The second-order valence-corrected chi connectivity index (χ2v) is 10.8. The van der Waals surface area contributed by atoms with Crippen LogP contribution >= 0.6 is 0 Å². The van der Waals surface area contributed by atoms with Crippen molar-refractivity contribution in [1.82, 2.24) is 9.21 Å². The normalized spacial score (nSPS) is 15.2. The van der Waals surface area contributed by atoms with Crippen molar-refractivity contribution in [2.45, 2.75) is 31.1 Å². The first-order valence-electron chi connectivity index (χ1n) is 10.8. The number of para-hydroxylation sites is 1. The summed E-state index contributed by atoms with van der Waals surface area (Å²) in [6.07, 6.45) is 0. The van der Waals surface area contributed by atoms with Gasteiger partial charge in [0.1, 0.15) is 5.75 Å². The Kier molecular flexibility index (Phi) is 7.54. The minimum absolute atomic E-state index is 0.0878. The Bertz CT molecular complexity index is 1090. The molecule has 180 valence electrons. The lowest BCUT2D eigenvalue weighted by Crippen LogP contribution is -2.51. The Labute approximate surface area is 196 Å². The van der Waals surface area contributed by atoms with E-state index in [0.717, 1.165) is 5.56 Å². The number of carbonyl (C=O) groups excluding carboxylic acids is 1. The summed E-state index contributed by atoms with van der Waals surface area (Å²) >= 11 is 0. The molecule has 1 saturated heterocycles. The fourth-order valence-corrected chi connectivity index (χ4v) is 5.18. The largest absolute Gasteiger partial charge is 0.493 e. The second-order valence-electron chi connectivity index (χ2n) is 8.84. The van der Waals surface area contributed by atoms with E-state index in [-0.39, 0.29) is 35.9 Å². The molecular weight excluding hydrogens is 444 g/mol. The standard InChI is InChI=1S/C24H32N2O6S/c1-24(2,3)19-8-6-7-9-20(19)32-17-23(27)25-12-14-26(15-13-25)33(28,29)18-10-11-21(30-4)22(16-18)31-5/h6-11,16H,12-15,17H2,1-5H3. The van der Waals surface area contributed by atoms with Crippen LogP contribution in [-0.2, 0) is 20.2 Å². The van der Waals surface area contributed by atoms with Gasteiger partial charge in [-0.2, -0.15) is 4.31 Å². The first-order valence-corrected chi connectivity index (χ1v) is 12.2. The minimum atomic E-state index is -3.72. The molecule has 1 aliphatic rings. The van der Waals surface area contributed by atoms with Gasteiger partial charge in [-0.05, 0) is 29.2 Å². The average Bonchev–Trinajstić information content (AvgIpc) is 2.81. The zero-order chi connectivity index (χ0) is 24.2. The summed E-state index contributed by atoms with van der Waals surface area (Å²) < 4.78 is 43.8. The van der Waals surface area contributed by atoms with Crippen molar-refractivity contribution in [2.75, 3.05) is 47.0 Å². The van der Waals surface area contributed by atoms with E-state index in [2.05, 4.69) is 20.8 Å². The number of methoxy groups -OCH3 is 2. The highest BCUT2D eigenvalue weighted by Gasteiger charge is 2.31. The van der Waals surface area contributed by atoms with Gasteiger partial charge < -0.3 is 19.1 Å². The van der Waals surface area contributed by atoms with E-state index in [9.17, 15) is 13.2 Å². The monoisotopic (exact) mass is 476 g/mol. The van der Waals surface area contributed by atoms with Crippen molar-refractivity contribution in [2.24, 2.45) is 0 Å². The molecule has 3 rings (SSSR count). The van der Waals surface area contributed by atoms with Crippen molar-refractivity contribution in [3.8, 4) is 17.2 Å². The number of rotatable bonds is 7. The summed E-state index contributed by atoms with van der Waals surface area (Å²) in [6.45, 7) is 7.21. The van der Waals surface area contributed by atoms with Crippen molar-refractivity contribution in [1.29, 1.82) is 0 Å². The molecule has 0 radical (unpaired) electrons. The molecule has 0 N–H and O–H groups in total. The first kappa shape index (κ1) is 24.9. The minimum Gasteiger partial charge on any atom is -0.493 e. The lowest BCUT2D eigenvalue weighted by atomic mass is 9.86. The number of carbonyl (C=O) groups is 1. The van der Waals surface area contributed by atoms with E-state index in [1.807, 2.05) is 24.3 Å². The molecule has 0 unspecified atom stereocenters. The molecule has 1 amide bonds. The van der Waals surface area contributed by atoms with Crippen LogP contribution < -0.4 is 14.2 Å². The average molecular weight is 477 g/mol. The number of nitrogens with zero attached hydrogens (tertiary/aromatic N) is 2. The molecule has 0 atom stereocenters. The first-order chi connectivity index (χ1) is 15.6. The molecule has 9 heteroatoms. The number of piperazine rings is 1. The van der Waals surface area contributed by atoms with E-state index in [1.165, 1.54) is 30.7 Å². The second kappa shape index (κ2) is 10.0. The zero-order valence-corrected chi connectivity index (χ0v) is 20.6. The van der Waals surface area contributed by atoms with Crippen LogP contribution in [0.5, 0.6) is 17.2 Å². The number of sulfonamides is 1. The number of hydrogen-bond donors (Lipinski definition) is 0. The van der Waals surface area contributed by atoms with E-state index >= 15 is 0 Å². The Morgan fingerprint density at radius 2 is 1.55 bits per heavy atom. The number of amides is 1. The van der Waals surface area contributed by atoms with Gasteiger partial charge in [-0.15, -0.1) is 0 Å². The third-order valence-electron chi connectivity index (χ3n) is 5.63. The van der Waals surface area contributed by atoms with Crippen molar-refractivity contribution >= 4 is 15.9 Å². The quantitative estimate of drug-likeness (QED) is 0.611. The summed E-state index contributed by atoms with van der Waals surface area (Å²) in [5.41, 5.74) is 0.924. The van der Waals surface area contributed by atoms with Crippen molar-refractivity contribution in [3.05, 3.63) is 48.0 Å². The van der Waals surface area contributed by atoms with Crippen LogP contribution in [0.3, 0.4) is 0 Å². The fraction of sp³-hybridized carbons (Fsp3) is 0.458. The molecule has 0 aliphatic carbocycles. The van der Waals surface area contributed by atoms with Gasteiger partial charge in [0.15, 0.2) is 18.1 Å². The lowest BCUT2D eigenvalue weighted by molar-refractivity contribution is -0.134. The summed E-state index contributed by atoms with van der Waals surface area (Å²) in [6, 6.07) is 12.2. The van der Waals surface area contributed by atoms with E-state index in [0.29, 0.717) is 30.3 Å². The SMILES string of the molecule is COc1ccc(S(=O)(=O)N2CCN(C(=O)COc3ccccc3C(C)(C)C)CC2)cc1OC. The fourth-order valence-electron chi connectivity index (χ4n) is 3.75. The molecule has 1 heterocycles. The van der Waals surface area contributed by atoms with E-state index in [4.69, 9.17) is 14.2 Å². The van der Waals surface area contributed by atoms with Gasteiger partial charge in [0.25, 0.3) is 5.91 Å². The Balaban J connectivity index is 1.61. The molecule has 1 aliphatic heterocycles. The van der Waals surface area contributed by atoms with Crippen LogP contribution in [0.15, 0.2) is 47.4 Å². The van der Waals surface area contributed by atoms with Crippen LogP contribution in [0.2, 0.25) is 0 Å². The molecule has 33 heavy (non-hydrogen) atoms. The summed E-state index contributed by atoms with van der Waals surface area (Å²) in [5, 5.41) is 0. The van der Waals surface area contributed by atoms with Gasteiger partial charge in [-0.3, -0.25) is 4.79 Å². The predicted molar refractivity (Wildman–Crippen MR) is 126 cm³/mol. The highest BCUT2D eigenvalue weighted by Crippen LogP contribution is 2.32. The third-order valence-corrected chi connectivity index (χ3v) is 7.52. The maximum atomic E-state index is 13.1. The molecule has 2 aromatic rings. The van der Waals surface area contributed by atoms with Crippen LogP contribution in [-0.4, -0.2) is 70.5 Å². The lowest BCUT2D eigenvalue weighted by Gasteiger charge is -2.34. The number of benzene rings is 2. The van der Waals surface area contributed by atoms with Gasteiger partial charge in [0.05, 0.1) is 19.1 Å². The summed E-state index contributed by atoms with van der Waals surface area (Å²) in [7, 11) is -0.765. The van der Waals surface area contributed by atoms with Gasteiger partial charge in [0.2, 0.25) is 10.0 Å². The van der Waals surface area contributed by atoms with Gasteiger partial charge in [0, 0.05) is 32.2 Å². The van der Waals surface area contributed by atoms with E-state index in [1.54, 1.807) is 11.0 Å². The maximum absolute atomic E-state index is 13.1. The van der Waals surface area contributed by atoms with Crippen LogP contribution in [0, 0.1) is 0 Å². The molecule has 1 fully saturated rings. The van der Waals surface area contributed by atoms with Crippen LogP contribution in [0.4, 0.5) is 0 Å². The van der Waals surface area contributed by atoms with Crippen LogP contribution in [0.1, 0.15) is 26.3 Å². The highest BCUT2D eigenvalue weighted by atomic mass is 32.2.